The number of rotatable bonds is 22. The van der Waals surface area contributed by atoms with E-state index in [1.54, 1.807) is 12.1 Å². The maximum absolute atomic E-state index is 12.0. The van der Waals surface area contributed by atoms with E-state index in [9.17, 15) is 8.42 Å². The zero-order valence-electron chi connectivity index (χ0n) is 18.7. The average Bonchev–Trinajstić information content (AvgIpc) is 2.78. The van der Waals surface area contributed by atoms with E-state index in [0.717, 1.165) is 5.56 Å². The minimum absolute atomic E-state index is 0.0494. The molecule has 1 rings (SSSR count). The fourth-order valence-electron chi connectivity index (χ4n) is 2.23. The number of benzene rings is 1. The lowest BCUT2D eigenvalue weighted by Gasteiger charge is -2.08. The molecular weight excluding hydrogens is 464 g/mol. The van der Waals surface area contributed by atoms with Crippen LogP contribution >= 0.6 is 11.6 Å². The molecule has 0 atom stereocenters. The van der Waals surface area contributed by atoms with Crippen LogP contribution in [0.4, 0.5) is 0 Å². The van der Waals surface area contributed by atoms with Gasteiger partial charge >= 0.3 is 0 Å². The van der Waals surface area contributed by atoms with Gasteiger partial charge in [0.2, 0.25) is 0 Å². The number of alkyl halides is 1. The van der Waals surface area contributed by atoms with E-state index >= 15 is 0 Å². The van der Waals surface area contributed by atoms with Crippen molar-refractivity contribution in [2.45, 2.75) is 11.8 Å². The summed E-state index contributed by atoms with van der Waals surface area (Å²) in [6.45, 7) is 7.18. The third-order valence-corrected chi connectivity index (χ3v) is 5.34. The summed E-state index contributed by atoms with van der Waals surface area (Å²) in [7, 11) is -3.75. The van der Waals surface area contributed by atoms with Gasteiger partial charge in [0.1, 0.15) is 0 Å². The molecule has 1 aromatic carbocycles. The van der Waals surface area contributed by atoms with Crippen LogP contribution in [-0.2, 0) is 42.7 Å². The van der Waals surface area contributed by atoms with Crippen molar-refractivity contribution in [3.8, 4) is 0 Å². The van der Waals surface area contributed by atoms with Gasteiger partial charge in [-0.1, -0.05) is 17.7 Å². The molecule has 0 radical (unpaired) electrons. The molecular formula is C21H35ClO9S. The van der Waals surface area contributed by atoms with Crippen LogP contribution in [0.2, 0.25) is 0 Å². The topological polar surface area (TPSA) is 98.8 Å². The second kappa shape index (κ2) is 19.6. The number of hydrogen-bond donors (Lipinski definition) is 0. The van der Waals surface area contributed by atoms with Gasteiger partial charge < -0.3 is 28.4 Å². The molecule has 186 valence electrons. The van der Waals surface area contributed by atoms with Crippen LogP contribution in [0.5, 0.6) is 0 Å². The molecule has 0 saturated carbocycles. The molecule has 0 amide bonds. The molecule has 0 unspecified atom stereocenters. The molecule has 0 bridgehead atoms. The minimum Gasteiger partial charge on any atom is -0.378 e. The van der Waals surface area contributed by atoms with Crippen molar-refractivity contribution in [3.05, 3.63) is 29.8 Å². The largest absolute Gasteiger partial charge is 0.378 e. The molecule has 32 heavy (non-hydrogen) atoms. The number of ether oxygens (including phenoxy) is 6. The van der Waals surface area contributed by atoms with E-state index in [-0.39, 0.29) is 18.1 Å². The van der Waals surface area contributed by atoms with E-state index in [1.807, 2.05) is 6.92 Å². The van der Waals surface area contributed by atoms with Gasteiger partial charge in [0, 0.05) is 5.88 Å². The van der Waals surface area contributed by atoms with Gasteiger partial charge in [0.15, 0.2) is 0 Å². The Hall–Kier alpha value is -0.820. The summed E-state index contributed by atoms with van der Waals surface area (Å²) in [6.07, 6.45) is 0. The Morgan fingerprint density at radius 2 is 0.938 bits per heavy atom. The molecule has 0 N–H and O–H groups in total. The number of hydrogen-bond acceptors (Lipinski definition) is 9. The molecule has 0 heterocycles. The van der Waals surface area contributed by atoms with Crippen molar-refractivity contribution >= 4 is 21.7 Å². The fourth-order valence-corrected chi connectivity index (χ4v) is 3.23. The van der Waals surface area contributed by atoms with Gasteiger partial charge in [-0.25, -0.2) is 0 Å². The van der Waals surface area contributed by atoms with Crippen LogP contribution in [-0.4, -0.2) is 100 Å². The first-order valence-corrected chi connectivity index (χ1v) is 12.5. The third kappa shape index (κ3) is 15.9. The Bertz CT molecular complexity index is 656. The fraction of sp³-hybridized carbons (Fsp3) is 0.714. The SMILES string of the molecule is Cc1ccc(S(=O)(=O)OCCOCCOCCOCCOCCOCCOCCCl)cc1. The molecule has 1 aromatic rings. The van der Waals surface area contributed by atoms with Crippen molar-refractivity contribution in [3.63, 3.8) is 0 Å². The highest BCUT2D eigenvalue weighted by Gasteiger charge is 2.14. The first-order valence-electron chi connectivity index (χ1n) is 10.5. The Labute approximate surface area is 196 Å². The van der Waals surface area contributed by atoms with Crippen LogP contribution in [0.15, 0.2) is 29.2 Å². The van der Waals surface area contributed by atoms with Gasteiger partial charge in [-0.05, 0) is 19.1 Å². The lowest BCUT2D eigenvalue weighted by molar-refractivity contribution is -0.0171. The van der Waals surface area contributed by atoms with Crippen LogP contribution in [0.1, 0.15) is 5.56 Å². The van der Waals surface area contributed by atoms with E-state index in [1.165, 1.54) is 12.1 Å². The van der Waals surface area contributed by atoms with Crippen molar-refractivity contribution in [1.29, 1.82) is 0 Å². The zero-order valence-corrected chi connectivity index (χ0v) is 20.2. The Kier molecular flexibility index (Phi) is 17.9. The highest BCUT2D eigenvalue weighted by atomic mass is 35.5. The molecule has 9 nitrogen and oxygen atoms in total. The first-order chi connectivity index (χ1) is 15.6. The number of aryl methyl sites for hydroxylation is 1. The second-order valence-corrected chi connectivity index (χ2v) is 8.45. The van der Waals surface area contributed by atoms with Gasteiger partial charge in [-0.3, -0.25) is 4.18 Å². The van der Waals surface area contributed by atoms with Gasteiger partial charge in [-0.2, -0.15) is 8.42 Å². The van der Waals surface area contributed by atoms with Crippen LogP contribution in [0.25, 0.3) is 0 Å². The second-order valence-electron chi connectivity index (χ2n) is 6.45. The van der Waals surface area contributed by atoms with E-state index < -0.39 is 10.1 Å². The summed E-state index contributed by atoms with van der Waals surface area (Å²) in [4.78, 5) is 0.133. The summed E-state index contributed by atoms with van der Waals surface area (Å²) < 4.78 is 60.9. The zero-order chi connectivity index (χ0) is 23.3. The Balaban J connectivity index is 1.80. The highest BCUT2D eigenvalue weighted by molar-refractivity contribution is 7.86. The molecule has 0 saturated heterocycles. The third-order valence-electron chi connectivity index (χ3n) is 3.86. The molecule has 0 spiro atoms. The lowest BCUT2D eigenvalue weighted by Crippen LogP contribution is -2.15. The van der Waals surface area contributed by atoms with Crippen molar-refractivity contribution < 1.29 is 41.0 Å². The standard InChI is InChI=1S/C21H35ClO9S/c1-20-2-4-21(5-3-20)32(23,24)31-19-18-30-17-16-29-15-14-28-13-12-27-11-10-26-9-8-25-7-6-22/h2-5H,6-19H2,1H3. The van der Waals surface area contributed by atoms with Crippen molar-refractivity contribution in [1.82, 2.24) is 0 Å². The quantitative estimate of drug-likeness (QED) is 0.135. The van der Waals surface area contributed by atoms with Gasteiger partial charge in [-0.15, -0.1) is 11.6 Å². The van der Waals surface area contributed by atoms with E-state index in [0.29, 0.717) is 78.6 Å². The lowest BCUT2D eigenvalue weighted by atomic mass is 10.2. The average molecular weight is 499 g/mol. The van der Waals surface area contributed by atoms with Crippen molar-refractivity contribution in [2.75, 3.05) is 91.8 Å². The molecule has 0 fully saturated rings. The maximum Gasteiger partial charge on any atom is 0.297 e. The Morgan fingerprint density at radius 3 is 1.31 bits per heavy atom. The molecule has 0 aromatic heterocycles. The summed E-state index contributed by atoms with van der Waals surface area (Å²) in [6, 6.07) is 6.48. The van der Waals surface area contributed by atoms with E-state index in [4.69, 9.17) is 44.2 Å². The highest BCUT2D eigenvalue weighted by Crippen LogP contribution is 2.12. The molecule has 0 aliphatic rings. The maximum atomic E-state index is 12.0. The van der Waals surface area contributed by atoms with Crippen LogP contribution in [0.3, 0.4) is 0 Å². The van der Waals surface area contributed by atoms with Crippen molar-refractivity contribution in [2.24, 2.45) is 0 Å². The minimum atomic E-state index is -3.75. The van der Waals surface area contributed by atoms with Crippen LogP contribution < -0.4 is 0 Å². The summed E-state index contributed by atoms with van der Waals surface area (Å²) in [5.74, 6) is 0.487. The first kappa shape index (κ1) is 29.2. The molecule has 0 aliphatic carbocycles. The molecule has 0 aliphatic heterocycles. The van der Waals surface area contributed by atoms with E-state index in [2.05, 4.69) is 0 Å². The van der Waals surface area contributed by atoms with Crippen LogP contribution in [0, 0.1) is 6.92 Å². The van der Waals surface area contributed by atoms with Gasteiger partial charge in [0.05, 0.1) is 90.8 Å². The van der Waals surface area contributed by atoms with Gasteiger partial charge in [0.25, 0.3) is 10.1 Å². The molecule has 11 heteroatoms. The Morgan fingerprint density at radius 1 is 0.594 bits per heavy atom. The summed E-state index contributed by atoms with van der Waals surface area (Å²) in [5.41, 5.74) is 0.980. The monoisotopic (exact) mass is 498 g/mol. The summed E-state index contributed by atoms with van der Waals surface area (Å²) >= 11 is 5.48. The predicted molar refractivity (Wildman–Crippen MR) is 120 cm³/mol. The smallest absolute Gasteiger partial charge is 0.297 e. The number of halogens is 1. The normalized spacial score (nSPS) is 11.8. The summed E-state index contributed by atoms with van der Waals surface area (Å²) in [5, 5.41) is 0. The predicted octanol–water partition coefficient (Wildman–Crippen LogP) is 2.04.